The summed E-state index contributed by atoms with van der Waals surface area (Å²) in [5.41, 5.74) is 1.32. The number of hydrogen-bond donors (Lipinski definition) is 2. The molecule has 0 saturated heterocycles. The Labute approximate surface area is 137 Å². The fourth-order valence-corrected chi connectivity index (χ4v) is 2.19. The lowest BCUT2D eigenvalue weighted by atomic mass is 10.2. The molecule has 1 atom stereocenters. The number of H-pyrrole nitrogens is 1. The third kappa shape index (κ3) is 3.52. The number of amides is 1. The van der Waals surface area contributed by atoms with Crippen molar-refractivity contribution in [2.45, 2.75) is 13.0 Å². The zero-order chi connectivity index (χ0) is 16.9. The summed E-state index contributed by atoms with van der Waals surface area (Å²) >= 11 is 0. The highest BCUT2D eigenvalue weighted by Gasteiger charge is 2.14. The van der Waals surface area contributed by atoms with E-state index in [-0.39, 0.29) is 11.5 Å². The van der Waals surface area contributed by atoms with Crippen molar-refractivity contribution in [2.75, 3.05) is 0 Å². The number of pyridine rings is 2. The summed E-state index contributed by atoms with van der Waals surface area (Å²) in [6.07, 6.45) is 6.33. The summed E-state index contributed by atoms with van der Waals surface area (Å²) in [6, 6.07) is 7.85. The van der Waals surface area contributed by atoms with E-state index in [1.54, 1.807) is 49.8 Å². The standard InChI is InChI=1S/C17H15N5O2/c1-11(20-17(24)13-5-3-7-19-10-13)14-8-15(23)22-16(21-14)12-4-2-6-18-9-12/h2-11H,1H3,(H,20,24)(H,21,22,23). The van der Waals surface area contributed by atoms with Gasteiger partial charge in [-0.2, -0.15) is 0 Å². The van der Waals surface area contributed by atoms with Crippen LogP contribution in [-0.4, -0.2) is 25.8 Å². The van der Waals surface area contributed by atoms with E-state index in [9.17, 15) is 9.59 Å². The van der Waals surface area contributed by atoms with Crippen molar-refractivity contribution >= 4 is 5.91 Å². The fourth-order valence-electron chi connectivity index (χ4n) is 2.19. The number of nitrogens with one attached hydrogen (secondary N) is 2. The number of carbonyl (C=O) groups is 1. The molecular formula is C17H15N5O2. The molecule has 0 bridgehead atoms. The van der Waals surface area contributed by atoms with E-state index in [0.29, 0.717) is 22.6 Å². The molecule has 0 aliphatic carbocycles. The van der Waals surface area contributed by atoms with Crippen LogP contribution in [-0.2, 0) is 0 Å². The average Bonchev–Trinajstić information content (AvgIpc) is 2.62. The highest BCUT2D eigenvalue weighted by atomic mass is 16.1. The quantitative estimate of drug-likeness (QED) is 0.762. The van der Waals surface area contributed by atoms with E-state index in [2.05, 4.69) is 25.3 Å². The van der Waals surface area contributed by atoms with Crippen LogP contribution in [0.2, 0.25) is 0 Å². The number of rotatable bonds is 4. The molecule has 24 heavy (non-hydrogen) atoms. The fraction of sp³-hybridized carbons (Fsp3) is 0.118. The van der Waals surface area contributed by atoms with E-state index in [1.807, 2.05) is 0 Å². The van der Waals surface area contributed by atoms with E-state index in [1.165, 1.54) is 12.3 Å². The largest absolute Gasteiger partial charge is 0.344 e. The normalized spacial score (nSPS) is 11.7. The number of nitrogens with zero attached hydrogens (tertiary/aromatic N) is 3. The van der Waals surface area contributed by atoms with Crippen molar-refractivity contribution in [3.05, 3.63) is 76.7 Å². The van der Waals surface area contributed by atoms with Gasteiger partial charge in [-0.1, -0.05) is 0 Å². The molecule has 3 aromatic heterocycles. The minimum atomic E-state index is -0.435. The molecule has 7 nitrogen and oxygen atoms in total. The molecule has 0 aliphatic heterocycles. The summed E-state index contributed by atoms with van der Waals surface area (Å²) < 4.78 is 0. The van der Waals surface area contributed by atoms with Crippen LogP contribution in [0.4, 0.5) is 0 Å². The molecule has 2 N–H and O–H groups in total. The molecular weight excluding hydrogens is 306 g/mol. The monoisotopic (exact) mass is 321 g/mol. The molecule has 120 valence electrons. The first kappa shape index (κ1) is 15.5. The van der Waals surface area contributed by atoms with Gasteiger partial charge in [-0.05, 0) is 31.2 Å². The minimum absolute atomic E-state index is 0.277. The molecule has 3 rings (SSSR count). The second-order valence-electron chi connectivity index (χ2n) is 5.20. The molecule has 1 amide bonds. The van der Waals surface area contributed by atoms with E-state index < -0.39 is 6.04 Å². The maximum atomic E-state index is 12.2. The molecule has 0 radical (unpaired) electrons. The number of hydrogen-bond acceptors (Lipinski definition) is 5. The number of carbonyl (C=O) groups excluding carboxylic acids is 1. The Kier molecular flexibility index (Phi) is 4.42. The van der Waals surface area contributed by atoms with Crippen LogP contribution in [0.5, 0.6) is 0 Å². The van der Waals surface area contributed by atoms with Crippen LogP contribution < -0.4 is 10.9 Å². The third-order valence-electron chi connectivity index (χ3n) is 3.41. The number of aromatic amines is 1. The van der Waals surface area contributed by atoms with Gasteiger partial charge < -0.3 is 10.3 Å². The molecule has 3 heterocycles. The molecule has 0 aromatic carbocycles. The Hall–Kier alpha value is -3.35. The Bertz CT molecular complexity index is 894. The van der Waals surface area contributed by atoms with Crippen molar-refractivity contribution in [2.24, 2.45) is 0 Å². The van der Waals surface area contributed by atoms with Crippen LogP contribution in [0.1, 0.15) is 29.0 Å². The van der Waals surface area contributed by atoms with Gasteiger partial charge in [-0.25, -0.2) is 4.98 Å². The highest BCUT2D eigenvalue weighted by molar-refractivity contribution is 5.94. The second kappa shape index (κ2) is 6.82. The Balaban J connectivity index is 1.85. The van der Waals surface area contributed by atoms with Crippen LogP contribution in [0.25, 0.3) is 11.4 Å². The molecule has 1 unspecified atom stereocenters. The maximum absolute atomic E-state index is 12.2. The van der Waals surface area contributed by atoms with Crippen molar-refractivity contribution in [3.63, 3.8) is 0 Å². The maximum Gasteiger partial charge on any atom is 0.253 e. The van der Waals surface area contributed by atoms with Gasteiger partial charge in [0.05, 0.1) is 17.3 Å². The van der Waals surface area contributed by atoms with Gasteiger partial charge in [0, 0.05) is 36.4 Å². The van der Waals surface area contributed by atoms with Gasteiger partial charge in [-0.3, -0.25) is 19.6 Å². The predicted octanol–water partition coefficient (Wildman–Crippen LogP) is 1.72. The topological polar surface area (TPSA) is 101 Å². The Morgan fingerprint density at radius 3 is 2.58 bits per heavy atom. The Morgan fingerprint density at radius 2 is 1.92 bits per heavy atom. The average molecular weight is 321 g/mol. The summed E-state index contributed by atoms with van der Waals surface area (Å²) in [5, 5.41) is 2.81. The summed E-state index contributed by atoms with van der Waals surface area (Å²) in [5.74, 6) is 0.133. The molecule has 3 aromatic rings. The molecule has 0 saturated carbocycles. The Morgan fingerprint density at radius 1 is 1.17 bits per heavy atom. The van der Waals surface area contributed by atoms with Crippen LogP contribution in [0.15, 0.2) is 59.9 Å². The minimum Gasteiger partial charge on any atom is -0.344 e. The summed E-state index contributed by atoms with van der Waals surface area (Å²) in [7, 11) is 0. The SMILES string of the molecule is CC(NC(=O)c1cccnc1)c1cc(=O)[nH]c(-c2cccnc2)n1. The summed E-state index contributed by atoms with van der Waals surface area (Å²) in [4.78, 5) is 39.1. The van der Waals surface area contributed by atoms with Gasteiger partial charge in [0.2, 0.25) is 0 Å². The van der Waals surface area contributed by atoms with Crippen molar-refractivity contribution in [3.8, 4) is 11.4 Å². The van der Waals surface area contributed by atoms with E-state index in [0.717, 1.165) is 0 Å². The first-order chi connectivity index (χ1) is 11.6. The van der Waals surface area contributed by atoms with Crippen molar-refractivity contribution < 1.29 is 4.79 Å². The van der Waals surface area contributed by atoms with Gasteiger partial charge in [0.1, 0.15) is 5.82 Å². The lowest BCUT2D eigenvalue weighted by Gasteiger charge is -2.14. The smallest absolute Gasteiger partial charge is 0.253 e. The predicted molar refractivity (Wildman–Crippen MR) is 88.2 cm³/mol. The van der Waals surface area contributed by atoms with E-state index >= 15 is 0 Å². The molecule has 0 aliphatic rings. The lowest BCUT2D eigenvalue weighted by Crippen LogP contribution is -2.28. The first-order valence-electron chi connectivity index (χ1n) is 7.36. The van der Waals surface area contributed by atoms with Crippen LogP contribution >= 0.6 is 0 Å². The lowest BCUT2D eigenvalue weighted by molar-refractivity contribution is 0.0938. The van der Waals surface area contributed by atoms with E-state index in [4.69, 9.17) is 0 Å². The molecule has 0 fully saturated rings. The van der Waals surface area contributed by atoms with Gasteiger partial charge >= 0.3 is 0 Å². The van der Waals surface area contributed by atoms with Crippen molar-refractivity contribution in [1.29, 1.82) is 0 Å². The first-order valence-corrected chi connectivity index (χ1v) is 7.36. The third-order valence-corrected chi connectivity index (χ3v) is 3.41. The van der Waals surface area contributed by atoms with Gasteiger partial charge in [0.25, 0.3) is 11.5 Å². The number of aromatic nitrogens is 4. The van der Waals surface area contributed by atoms with Gasteiger partial charge in [0.15, 0.2) is 0 Å². The summed E-state index contributed by atoms with van der Waals surface area (Å²) in [6.45, 7) is 1.77. The second-order valence-corrected chi connectivity index (χ2v) is 5.20. The molecule has 0 spiro atoms. The van der Waals surface area contributed by atoms with Crippen LogP contribution in [0.3, 0.4) is 0 Å². The zero-order valence-electron chi connectivity index (χ0n) is 12.9. The highest BCUT2D eigenvalue weighted by Crippen LogP contribution is 2.15. The molecule has 7 heteroatoms. The van der Waals surface area contributed by atoms with Crippen LogP contribution in [0, 0.1) is 0 Å². The van der Waals surface area contributed by atoms with Gasteiger partial charge in [-0.15, -0.1) is 0 Å². The zero-order valence-corrected chi connectivity index (χ0v) is 12.9. The van der Waals surface area contributed by atoms with Crippen molar-refractivity contribution in [1.82, 2.24) is 25.3 Å².